The summed E-state index contributed by atoms with van der Waals surface area (Å²) in [7, 11) is 0. The van der Waals surface area contributed by atoms with Crippen LogP contribution in [0.25, 0.3) is 11.3 Å². The number of nitrogens with zero attached hydrogens (tertiary/aromatic N) is 1. The molecule has 0 saturated carbocycles. The van der Waals surface area contributed by atoms with Crippen LogP contribution in [0.4, 0.5) is 4.39 Å². The van der Waals surface area contributed by atoms with Gasteiger partial charge in [-0.1, -0.05) is 6.92 Å². The van der Waals surface area contributed by atoms with Crippen LogP contribution >= 0.6 is 15.9 Å². The second-order valence-corrected chi connectivity index (χ2v) is 4.39. The summed E-state index contributed by atoms with van der Waals surface area (Å²) in [5.41, 5.74) is 1.63. The van der Waals surface area contributed by atoms with Gasteiger partial charge in [0.2, 0.25) is 0 Å². The maximum atomic E-state index is 13.1. The molecule has 90 valence electrons. The smallest absolute Gasteiger partial charge is 0.181 e. The summed E-state index contributed by atoms with van der Waals surface area (Å²) in [5.74, 6) is 0.383. The molecule has 1 aromatic carbocycles. The molecule has 17 heavy (non-hydrogen) atoms. The second kappa shape index (κ2) is 5.42. The van der Waals surface area contributed by atoms with Crippen molar-refractivity contribution in [2.75, 3.05) is 6.54 Å². The van der Waals surface area contributed by atoms with Crippen molar-refractivity contribution in [3.63, 3.8) is 0 Å². The van der Waals surface area contributed by atoms with Gasteiger partial charge < -0.3 is 9.73 Å². The Kier molecular flexibility index (Phi) is 3.91. The Balaban J connectivity index is 2.32. The van der Waals surface area contributed by atoms with Gasteiger partial charge in [-0.3, -0.25) is 0 Å². The predicted octanol–water partition coefficient (Wildman–Crippen LogP) is 3.35. The highest BCUT2D eigenvalue weighted by molar-refractivity contribution is 9.10. The minimum absolute atomic E-state index is 0.290. The summed E-state index contributed by atoms with van der Waals surface area (Å²) in [6.45, 7) is 3.52. The molecular formula is C12H12BrFN2O. The molecular weight excluding hydrogens is 287 g/mol. The topological polar surface area (TPSA) is 38.1 Å². The minimum atomic E-state index is -0.290. The normalized spacial score (nSPS) is 10.8. The van der Waals surface area contributed by atoms with Crippen LogP contribution < -0.4 is 5.32 Å². The van der Waals surface area contributed by atoms with Crippen molar-refractivity contribution in [1.29, 1.82) is 0 Å². The molecule has 0 atom stereocenters. The van der Waals surface area contributed by atoms with Crippen molar-refractivity contribution in [2.45, 2.75) is 13.5 Å². The Morgan fingerprint density at radius 1 is 1.47 bits per heavy atom. The fourth-order valence-electron chi connectivity index (χ4n) is 1.51. The molecule has 2 aromatic rings. The molecule has 0 aliphatic heterocycles. The molecule has 0 aliphatic carbocycles. The Labute approximate surface area is 107 Å². The van der Waals surface area contributed by atoms with Crippen LogP contribution in [0.5, 0.6) is 0 Å². The molecule has 0 amide bonds. The molecule has 1 N–H and O–H groups in total. The number of oxazole rings is 1. The second-order valence-electron chi connectivity index (χ2n) is 3.54. The van der Waals surface area contributed by atoms with Gasteiger partial charge in [0.05, 0.1) is 4.47 Å². The number of nitrogens with one attached hydrogen (secondary N) is 1. The Bertz CT molecular complexity index is 513. The zero-order valence-corrected chi connectivity index (χ0v) is 10.9. The Hall–Kier alpha value is -1.20. The van der Waals surface area contributed by atoms with E-state index in [4.69, 9.17) is 4.42 Å². The maximum absolute atomic E-state index is 13.1. The molecule has 1 aromatic heterocycles. The van der Waals surface area contributed by atoms with Gasteiger partial charge >= 0.3 is 0 Å². The zero-order valence-electron chi connectivity index (χ0n) is 9.34. The average molecular weight is 299 g/mol. The number of hydrogen-bond donors (Lipinski definition) is 1. The number of hydrogen-bond acceptors (Lipinski definition) is 3. The van der Waals surface area contributed by atoms with E-state index in [2.05, 4.69) is 26.2 Å². The molecule has 0 bridgehead atoms. The lowest BCUT2D eigenvalue weighted by Gasteiger charge is -2.03. The van der Waals surface area contributed by atoms with Crippen molar-refractivity contribution < 1.29 is 8.81 Å². The third-order valence-corrected chi connectivity index (χ3v) is 2.97. The van der Waals surface area contributed by atoms with E-state index in [1.807, 2.05) is 6.92 Å². The van der Waals surface area contributed by atoms with Gasteiger partial charge in [-0.2, -0.15) is 0 Å². The van der Waals surface area contributed by atoms with Gasteiger partial charge in [-0.15, -0.1) is 0 Å². The SMILES string of the molecule is CCNCc1ncoc1-c1ccc(F)c(Br)c1. The molecule has 0 unspecified atom stereocenters. The lowest BCUT2D eigenvalue weighted by molar-refractivity contribution is 0.569. The van der Waals surface area contributed by atoms with Crippen LogP contribution in [0.2, 0.25) is 0 Å². The van der Waals surface area contributed by atoms with E-state index in [1.165, 1.54) is 12.5 Å². The fourth-order valence-corrected chi connectivity index (χ4v) is 1.89. The first-order valence-electron chi connectivity index (χ1n) is 5.31. The van der Waals surface area contributed by atoms with Crippen molar-refractivity contribution in [3.8, 4) is 11.3 Å². The Morgan fingerprint density at radius 2 is 2.29 bits per heavy atom. The number of halogens is 2. The van der Waals surface area contributed by atoms with E-state index in [9.17, 15) is 4.39 Å². The third kappa shape index (κ3) is 2.73. The van der Waals surface area contributed by atoms with Gasteiger partial charge in [-0.25, -0.2) is 9.37 Å². The monoisotopic (exact) mass is 298 g/mol. The maximum Gasteiger partial charge on any atom is 0.181 e. The van der Waals surface area contributed by atoms with E-state index in [-0.39, 0.29) is 5.82 Å². The molecule has 0 saturated heterocycles. The molecule has 3 nitrogen and oxygen atoms in total. The molecule has 0 fully saturated rings. The van der Waals surface area contributed by atoms with Crippen molar-refractivity contribution in [3.05, 3.63) is 40.6 Å². The van der Waals surface area contributed by atoms with E-state index < -0.39 is 0 Å². The first-order valence-corrected chi connectivity index (χ1v) is 6.10. The zero-order chi connectivity index (χ0) is 12.3. The van der Waals surface area contributed by atoms with Crippen molar-refractivity contribution in [1.82, 2.24) is 10.3 Å². The molecule has 2 rings (SSSR count). The van der Waals surface area contributed by atoms with Crippen LogP contribution in [0, 0.1) is 5.82 Å². The largest absolute Gasteiger partial charge is 0.443 e. The van der Waals surface area contributed by atoms with Gasteiger partial charge in [0.1, 0.15) is 11.5 Å². The standard InChI is InChI=1S/C12H12BrFN2O/c1-2-15-6-11-12(17-7-16-11)8-3-4-10(14)9(13)5-8/h3-5,7,15H,2,6H2,1H3. The van der Waals surface area contributed by atoms with Gasteiger partial charge in [-0.05, 0) is 40.7 Å². The first-order chi connectivity index (χ1) is 8.22. The van der Waals surface area contributed by atoms with Crippen LogP contribution in [0.1, 0.15) is 12.6 Å². The lowest BCUT2D eigenvalue weighted by atomic mass is 10.1. The Morgan fingerprint density at radius 3 is 3.00 bits per heavy atom. The summed E-state index contributed by atoms with van der Waals surface area (Å²) in [6, 6.07) is 4.76. The molecule has 0 spiro atoms. The highest BCUT2D eigenvalue weighted by atomic mass is 79.9. The quantitative estimate of drug-likeness (QED) is 0.941. The van der Waals surface area contributed by atoms with E-state index in [0.717, 1.165) is 17.8 Å². The highest BCUT2D eigenvalue weighted by Crippen LogP contribution is 2.27. The van der Waals surface area contributed by atoms with E-state index >= 15 is 0 Å². The third-order valence-electron chi connectivity index (χ3n) is 2.37. The van der Waals surface area contributed by atoms with Gasteiger partial charge in [0, 0.05) is 12.1 Å². The van der Waals surface area contributed by atoms with Crippen LogP contribution in [0.3, 0.4) is 0 Å². The van der Waals surface area contributed by atoms with Crippen molar-refractivity contribution in [2.24, 2.45) is 0 Å². The number of benzene rings is 1. The van der Waals surface area contributed by atoms with Gasteiger partial charge in [0.15, 0.2) is 12.2 Å². The average Bonchev–Trinajstić information content (AvgIpc) is 2.78. The first kappa shape index (κ1) is 12.3. The lowest BCUT2D eigenvalue weighted by Crippen LogP contribution is -2.12. The predicted molar refractivity (Wildman–Crippen MR) is 67.0 cm³/mol. The van der Waals surface area contributed by atoms with Crippen LogP contribution in [0.15, 0.2) is 33.5 Å². The summed E-state index contributed by atoms with van der Waals surface area (Å²) in [6.07, 6.45) is 1.40. The highest BCUT2D eigenvalue weighted by Gasteiger charge is 2.11. The molecule has 0 radical (unpaired) electrons. The summed E-state index contributed by atoms with van der Waals surface area (Å²) >= 11 is 3.16. The number of aromatic nitrogens is 1. The van der Waals surface area contributed by atoms with Crippen LogP contribution in [-0.2, 0) is 6.54 Å². The molecule has 0 aliphatic rings. The summed E-state index contributed by atoms with van der Waals surface area (Å²) in [4.78, 5) is 4.14. The summed E-state index contributed by atoms with van der Waals surface area (Å²) in [5, 5.41) is 3.18. The molecule has 5 heteroatoms. The van der Waals surface area contributed by atoms with Crippen LogP contribution in [-0.4, -0.2) is 11.5 Å². The summed E-state index contributed by atoms with van der Waals surface area (Å²) < 4.78 is 18.9. The number of rotatable bonds is 4. The van der Waals surface area contributed by atoms with Gasteiger partial charge in [0.25, 0.3) is 0 Å². The van der Waals surface area contributed by atoms with E-state index in [0.29, 0.717) is 16.8 Å². The fraction of sp³-hybridized carbons (Fsp3) is 0.250. The molecule has 1 heterocycles. The van der Waals surface area contributed by atoms with Crippen molar-refractivity contribution >= 4 is 15.9 Å². The minimum Gasteiger partial charge on any atom is -0.443 e. The van der Waals surface area contributed by atoms with E-state index in [1.54, 1.807) is 12.1 Å².